The maximum Gasteiger partial charge on any atom is 0.250 e. The van der Waals surface area contributed by atoms with E-state index in [1.165, 1.54) is 4.90 Å². The standard InChI is InChI=1S/C27H38ClN3O5/c1-6-13-29-23(33)19-20-25(35)31(18(14-32)15(3)7-2)22(27(20)12-11-26(19,5)36-27)24(34)30-21-16(4)9-8-10-17(21)28/h8-10,15,18-20,22,32H,6-7,11-14H2,1-5H3,(H,29,33)(H,30,34)/t15-,18-,19+,20-,22?,26-,27?/m0/s1. The number of anilines is 1. The summed E-state index contributed by atoms with van der Waals surface area (Å²) in [7, 11) is 0. The number of benzene rings is 1. The normalized spacial score (nSPS) is 32.4. The Balaban J connectivity index is 1.80. The lowest BCUT2D eigenvalue weighted by molar-refractivity contribution is -0.149. The molecule has 3 amide bonds. The quantitative estimate of drug-likeness (QED) is 0.464. The number of hydrogen-bond acceptors (Lipinski definition) is 5. The maximum atomic E-state index is 14.2. The summed E-state index contributed by atoms with van der Waals surface area (Å²) >= 11 is 6.41. The zero-order chi connectivity index (χ0) is 26.4. The second-order valence-corrected chi connectivity index (χ2v) is 11.2. The van der Waals surface area contributed by atoms with E-state index in [-0.39, 0.29) is 24.3 Å². The van der Waals surface area contributed by atoms with Crippen LogP contribution < -0.4 is 10.6 Å². The molecule has 7 atom stereocenters. The van der Waals surface area contributed by atoms with Crippen molar-refractivity contribution in [2.24, 2.45) is 17.8 Å². The molecule has 3 aliphatic heterocycles. The number of rotatable bonds is 9. The van der Waals surface area contributed by atoms with Crippen LogP contribution in [-0.4, -0.2) is 64.2 Å². The minimum atomic E-state index is -1.15. The van der Waals surface area contributed by atoms with Crippen molar-refractivity contribution in [1.29, 1.82) is 0 Å². The maximum absolute atomic E-state index is 14.2. The Kier molecular flexibility index (Phi) is 7.43. The summed E-state index contributed by atoms with van der Waals surface area (Å²) < 4.78 is 6.63. The Bertz CT molecular complexity index is 1030. The van der Waals surface area contributed by atoms with Crippen LogP contribution in [0.5, 0.6) is 0 Å². The zero-order valence-electron chi connectivity index (χ0n) is 21.8. The molecule has 0 aromatic heterocycles. The smallest absolute Gasteiger partial charge is 0.250 e. The Morgan fingerprint density at radius 2 is 2.00 bits per heavy atom. The van der Waals surface area contributed by atoms with Crippen molar-refractivity contribution in [2.45, 2.75) is 83.6 Å². The monoisotopic (exact) mass is 519 g/mol. The lowest BCUT2D eigenvalue weighted by atomic mass is 9.66. The number of nitrogens with one attached hydrogen (secondary N) is 2. The Morgan fingerprint density at radius 3 is 2.61 bits per heavy atom. The average Bonchev–Trinajstić information content (AvgIpc) is 3.41. The van der Waals surface area contributed by atoms with Gasteiger partial charge < -0.3 is 25.4 Å². The molecule has 36 heavy (non-hydrogen) atoms. The molecule has 3 fully saturated rings. The van der Waals surface area contributed by atoms with Gasteiger partial charge in [-0.05, 0) is 50.7 Å². The predicted octanol–water partition coefficient (Wildman–Crippen LogP) is 3.28. The molecule has 1 aromatic rings. The van der Waals surface area contributed by atoms with Crippen LogP contribution in [0.25, 0.3) is 0 Å². The third-order valence-electron chi connectivity index (χ3n) is 8.61. The summed E-state index contributed by atoms with van der Waals surface area (Å²) in [5.41, 5.74) is -0.715. The van der Waals surface area contributed by atoms with Crippen LogP contribution in [0.2, 0.25) is 5.02 Å². The molecule has 8 nitrogen and oxygen atoms in total. The van der Waals surface area contributed by atoms with Gasteiger partial charge in [-0.3, -0.25) is 14.4 Å². The van der Waals surface area contributed by atoms with Crippen LogP contribution in [0.1, 0.15) is 58.9 Å². The third kappa shape index (κ3) is 4.02. The Hall–Kier alpha value is -2.16. The first kappa shape index (κ1) is 26.9. The number of carbonyl (C=O) groups is 3. The molecule has 3 saturated heterocycles. The van der Waals surface area contributed by atoms with E-state index in [2.05, 4.69) is 10.6 Å². The molecule has 2 unspecified atom stereocenters. The highest BCUT2D eigenvalue weighted by Crippen LogP contribution is 2.63. The van der Waals surface area contributed by atoms with E-state index in [1.807, 2.05) is 40.7 Å². The van der Waals surface area contributed by atoms with Crippen molar-refractivity contribution in [3.05, 3.63) is 28.8 Å². The van der Waals surface area contributed by atoms with Gasteiger partial charge in [0.25, 0.3) is 0 Å². The van der Waals surface area contributed by atoms with E-state index in [4.69, 9.17) is 16.3 Å². The van der Waals surface area contributed by atoms with Crippen molar-refractivity contribution in [1.82, 2.24) is 10.2 Å². The fraction of sp³-hybridized carbons (Fsp3) is 0.667. The van der Waals surface area contributed by atoms with Gasteiger partial charge in [-0.25, -0.2) is 0 Å². The number of ether oxygens (including phenoxy) is 1. The summed E-state index contributed by atoms with van der Waals surface area (Å²) in [5, 5.41) is 16.7. The number of aliphatic hydroxyl groups is 1. The fourth-order valence-corrected chi connectivity index (χ4v) is 6.84. The van der Waals surface area contributed by atoms with Crippen molar-refractivity contribution < 1.29 is 24.2 Å². The van der Waals surface area contributed by atoms with Gasteiger partial charge in [0.2, 0.25) is 17.7 Å². The summed E-state index contributed by atoms with van der Waals surface area (Å²) in [6.07, 6.45) is 2.53. The molecule has 4 rings (SSSR count). The number of para-hydroxylation sites is 1. The van der Waals surface area contributed by atoms with E-state index in [9.17, 15) is 19.5 Å². The number of likely N-dealkylation sites (tertiary alicyclic amines) is 1. The second-order valence-electron chi connectivity index (χ2n) is 10.8. The number of aliphatic hydroxyl groups excluding tert-OH is 1. The first-order valence-corrected chi connectivity index (χ1v) is 13.4. The topological polar surface area (TPSA) is 108 Å². The fourth-order valence-electron chi connectivity index (χ4n) is 6.58. The van der Waals surface area contributed by atoms with Crippen LogP contribution in [0.15, 0.2) is 18.2 Å². The van der Waals surface area contributed by atoms with E-state index in [0.29, 0.717) is 36.5 Å². The molecule has 1 aromatic carbocycles. The SMILES string of the molecule is CCCNC(=O)[C@H]1[C@H]2C(=O)N([C@@H](CO)[C@@H](C)CC)C(C(=O)Nc3c(C)cccc3Cl)C23CC[C@]1(C)O3. The lowest BCUT2D eigenvalue weighted by Crippen LogP contribution is -2.57. The summed E-state index contributed by atoms with van der Waals surface area (Å²) in [6, 6.07) is 3.77. The van der Waals surface area contributed by atoms with Crippen LogP contribution in [0.4, 0.5) is 5.69 Å². The largest absolute Gasteiger partial charge is 0.394 e. The summed E-state index contributed by atoms with van der Waals surface area (Å²) in [4.78, 5) is 43.1. The minimum absolute atomic E-state index is 0.0633. The molecular weight excluding hydrogens is 482 g/mol. The van der Waals surface area contributed by atoms with Crippen molar-refractivity contribution in [3.63, 3.8) is 0 Å². The third-order valence-corrected chi connectivity index (χ3v) is 8.92. The molecule has 3 aliphatic rings. The van der Waals surface area contributed by atoms with Crippen molar-refractivity contribution in [3.8, 4) is 0 Å². The Labute approximate surface area is 218 Å². The first-order valence-electron chi connectivity index (χ1n) is 13.0. The highest BCUT2D eigenvalue weighted by atomic mass is 35.5. The van der Waals surface area contributed by atoms with Gasteiger partial charge >= 0.3 is 0 Å². The minimum Gasteiger partial charge on any atom is -0.394 e. The molecule has 0 aliphatic carbocycles. The van der Waals surface area contributed by atoms with Gasteiger partial charge in [-0.1, -0.05) is 50.9 Å². The molecule has 2 bridgehead atoms. The van der Waals surface area contributed by atoms with Gasteiger partial charge in [0.1, 0.15) is 11.6 Å². The number of nitrogens with zero attached hydrogens (tertiary/aromatic N) is 1. The molecule has 1 spiro atoms. The van der Waals surface area contributed by atoms with Gasteiger partial charge in [-0.15, -0.1) is 0 Å². The van der Waals surface area contributed by atoms with Gasteiger partial charge in [0.15, 0.2) is 0 Å². The van der Waals surface area contributed by atoms with Crippen molar-refractivity contribution in [2.75, 3.05) is 18.5 Å². The first-order chi connectivity index (χ1) is 17.1. The zero-order valence-corrected chi connectivity index (χ0v) is 22.5. The van der Waals surface area contributed by atoms with Gasteiger partial charge in [-0.2, -0.15) is 0 Å². The van der Waals surface area contributed by atoms with Crippen LogP contribution >= 0.6 is 11.6 Å². The number of hydrogen-bond donors (Lipinski definition) is 3. The second kappa shape index (κ2) is 9.95. The molecule has 3 heterocycles. The average molecular weight is 520 g/mol. The molecule has 3 N–H and O–H groups in total. The number of aryl methyl sites for hydroxylation is 1. The molecule has 198 valence electrons. The van der Waals surface area contributed by atoms with E-state index < -0.39 is 41.0 Å². The van der Waals surface area contributed by atoms with E-state index in [1.54, 1.807) is 12.1 Å². The lowest BCUT2D eigenvalue weighted by Gasteiger charge is -2.39. The van der Waals surface area contributed by atoms with Crippen LogP contribution in [-0.2, 0) is 19.1 Å². The molecule has 0 saturated carbocycles. The summed E-state index contributed by atoms with van der Waals surface area (Å²) in [5.74, 6) is -2.50. The van der Waals surface area contributed by atoms with Crippen molar-refractivity contribution >= 4 is 35.0 Å². The summed E-state index contributed by atoms with van der Waals surface area (Å²) in [6.45, 7) is 9.85. The Morgan fingerprint density at radius 1 is 1.28 bits per heavy atom. The van der Waals surface area contributed by atoms with Gasteiger partial charge in [0.05, 0.1) is 40.8 Å². The number of fused-ring (bicyclic) bond motifs is 1. The van der Waals surface area contributed by atoms with E-state index in [0.717, 1.165) is 12.0 Å². The molecule has 9 heteroatoms. The van der Waals surface area contributed by atoms with E-state index >= 15 is 0 Å². The highest BCUT2D eigenvalue weighted by molar-refractivity contribution is 6.34. The number of amides is 3. The van der Waals surface area contributed by atoms with Crippen LogP contribution in [0, 0.1) is 24.7 Å². The molecular formula is C27H38ClN3O5. The van der Waals surface area contributed by atoms with Gasteiger partial charge in [0, 0.05) is 6.54 Å². The molecule has 0 radical (unpaired) electrons. The number of carbonyl (C=O) groups excluding carboxylic acids is 3. The highest BCUT2D eigenvalue weighted by Gasteiger charge is 2.78. The predicted molar refractivity (Wildman–Crippen MR) is 138 cm³/mol. The number of halogens is 1. The van der Waals surface area contributed by atoms with Crippen LogP contribution in [0.3, 0.4) is 0 Å².